The zero-order chi connectivity index (χ0) is 10.6. The second kappa shape index (κ2) is 5.47. The molecule has 0 aromatic heterocycles. The third-order valence-electron chi connectivity index (χ3n) is 2.93. The second-order valence-corrected chi connectivity index (χ2v) is 4.58. The zero-order valence-corrected chi connectivity index (χ0v) is 9.33. The number of rotatable bonds is 4. The molecule has 2 N–H and O–H groups in total. The van der Waals surface area contributed by atoms with Crippen molar-refractivity contribution in [2.45, 2.75) is 38.6 Å². The first-order valence-electron chi connectivity index (χ1n) is 5.56. The number of likely N-dealkylation sites (tertiary alicyclic amines) is 1. The van der Waals surface area contributed by atoms with Crippen molar-refractivity contribution in [2.24, 2.45) is 11.7 Å². The van der Waals surface area contributed by atoms with Crippen LogP contribution in [0.3, 0.4) is 0 Å². The smallest absolute Gasteiger partial charge is 0.137 e. The standard InChI is InChI=1S/C11H22N2O/c1-9(12)5-6-11(14)10-4-3-7-13(2)8-10/h9-10H,3-8,12H2,1-2H3. The van der Waals surface area contributed by atoms with Crippen molar-refractivity contribution in [1.82, 2.24) is 4.90 Å². The van der Waals surface area contributed by atoms with Gasteiger partial charge in [-0.25, -0.2) is 0 Å². The Kier molecular flexibility index (Phi) is 4.55. The topological polar surface area (TPSA) is 46.3 Å². The van der Waals surface area contributed by atoms with Crippen molar-refractivity contribution in [3.05, 3.63) is 0 Å². The van der Waals surface area contributed by atoms with Gasteiger partial charge in [0.25, 0.3) is 0 Å². The van der Waals surface area contributed by atoms with Crippen molar-refractivity contribution in [2.75, 3.05) is 20.1 Å². The lowest BCUT2D eigenvalue weighted by Gasteiger charge is -2.28. The molecule has 3 heteroatoms. The van der Waals surface area contributed by atoms with Crippen LogP contribution in [-0.2, 0) is 4.79 Å². The van der Waals surface area contributed by atoms with E-state index in [9.17, 15) is 4.79 Å². The number of nitrogens with two attached hydrogens (primary N) is 1. The average molecular weight is 198 g/mol. The van der Waals surface area contributed by atoms with Gasteiger partial charge in [-0.3, -0.25) is 4.79 Å². The molecule has 0 saturated carbocycles. The molecular formula is C11H22N2O. The van der Waals surface area contributed by atoms with Crippen LogP contribution in [0.15, 0.2) is 0 Å². The maximum absolute atomic E-state index is 11.8. The highest BCUT2D eigenvalue weighted by Gasteiger charge is 2.23. The van der Waals surface area contributed by atoms with Crippen molar-refractivity contribution < 1.29 is 4.79 Å². The van der Waals surface area contributed by atoms with Gasteiger partial charge >= 0.3 is 0 Å². The van der Waals surface area contributed by atoms with Crippen LogP contribution in [0.2, 0.25) is 0 Å². The molecule has 1 aliphatic rings. The van der Waals surface area contributed by atoms with Gasteiger partial charge in [0.15, 0.2) is 0 Å². The van der Waals surface area contributed by atoms with E-state index in [1.54, 1.807) is 0 Å². The first-order valence-corrected chi connectivity index (χ1v) is 5.56. The molecule has 0 radical (unpaired) electrons. The van der Waals surface area contributed by atoms with E-state index in [0.29, 0.717) is 12.2 Å². The molecule has 3 nitrogen and oxygen atoms in total. The molecule has 1 heterocycles. The first-order chi connectivity index (χ1) is 6.59. The van der Waals surface area contributed by atoms with Crippen LogP contribution in [0.4, 0.5) is 0 Å². The monoisotopic (exact) mass is 198 g/mol. The van der Waals surface area contributed by atoms with E-state index >= 15 is 0 Å². The highest BCUT2D eigenvalue weighted by atomic mass is 16.1. The molecule has 1 rings (SSSR count). The summed E-state index contributed by atoms with van der Waals surface area (Å²) >= 11 is 0. The lowest BCUT2D eigenvalue weighted by Crippen LogP contribution is -2.36. The Morgan fingerprint density at radius 2 is 2.36 bits per heavy atom. The quantitative estimate of drug-likeness (QED) is 0.733. The van der Waals surface area contributed by atoms with E-state index in [1.807, 2.05) is 6.92 Å². The summed E-state index contributed by atoms with van der Waals surface area (Å²) in [6, 6.07) is 0.153. The average Bonchev–Trinajstić information content (AvgIpc) is 2.14. The SMILES string of the molecule is CC(N)CCC(=O)C1CCCN(C)C1. The molecule has 0 amide bonds. The summed E-state index contributed by atoms with van der Waals surface area (Å²) in [7, 11) is 2.09. The number of hydrogen-bond acceptors (Lipinski definition) is 3. The largest absolute Gasteiger partial charge is 0.328 e. The molecular weight excluding hydrogens is 176 g/mol. The zero-order valence-electron chi connectivity index (χ0n) is 9.33. The Balaban J connectivity index is 2.29. The number of Topliss-reactive ketones (excluding diaryl/α,β-unsaturated/α-hetero) is 1. The van der Waals surface area contributed by atoms with Gasteiger partial charge in [-0.2, -0.15) is 0 Å². The maximum Gasteiger partial charge on any atom is 0.137 e. The van der Waals surface area contributed by atoms with Crippen LogP contribution >= 0.6 is 0 Å². The molecule has 82 valence electrons. The number of nitrogens with zero attached hydrogens (tertiary/aromatic N) is 1. The van der Waals surface area contributed by atoms with Crippen molar-refractivity contribution >= 4 is 5.78 Å². The van der Waals surface area contributed by atoms with Crippen LogP contribution in [0.5, 0.6) is 0 Å². The normalized spacial score (nSPS) is 26.1. The molecule has 0 bridgehead atoms. The minimum absolute atomic E-state index is 0.153. The fourth-order valence-electron chi connectivity index (χ4n) is 2.00. The Morgan fingerprint density at radius 3 is 2.93 bits per heavy atom. The van der Waals surface area contributed by atoms with Crippen molar-refractivity contribution in [1.29, 1.82) is 0 Å². The summed E-state index contributed by atoms with van der Waals surface area (Å²) in [5, 5.41) is 0. The molecule has 0 aromatic carbocycles. The number of carbonyl (C=O) groups excluding carboxylic acids is 1. The van der Waals surface area contributed by atoms with Gasteiger partial charge in [0, 0.05) is 24.9 Å². The molecule has 1 saturated heterocycles. The molecule has 1 fully saturated rings. The highest BCUT2D eigenvalue weighted by Crippen LogP contribution is 2.18. The summed E-state index contributed by atoms with van der Waals surface area (Å²) in [5.41, 5.74) is 5.63. The van der Waals surface area contributed by atoms with Gasteiger partial charge in [-0.15, -0.1) is 0 Å². The van der Waals surface area contributed by atoms with E-state index < -0.39 is 0 Å². The van der Waals surface area contributed by atoms with E-state index in [-0.39, 0.29) is 12.0 Å². The Hall–Kier alpha value is -0.410. The Labute approximate surface area is 86.6 Å². The summed E-state index contributed by atoms with van der Waals surface area (Å²) in [6.45, 7) is 4.04. The van der Waals surface area contributed by atoms with Gasteiger partial charge < -0.3 is 10.6 Å². The molecule has 14 heavy (non-hydrogen) atoms. The number of ketones is 1. The van der Waals surface area contributed by atoms with E-state index in [4.69, 9.17) is 5.73 Å². The minimum atomic E-state index is 0.153. The lowest BCUT2D eigenvalue weighted by molar-refractivity contribution is -0.124. The van der Waals surface area contributed by atoms with Gasteiger partial charge in [-0.1, -0.05) is 0 Å². The summed E-state index contributed by atoms with van der Waals surface area (Å²) in [5.74, 6) is 0.682. The summed E-state index contributed by atoms with van der Waals surface area (Å²) < 4.78 is 0. The van der Waals surface area contributed by atoms with Crippen LogP contribution in [-0.4, -0.2) is 36.9 Å². The Bertz CT molecular complexity index is 192. The molecule has 1 aliphatic heterocycles. The fourth-order valence-corrected chi connectivity index (χ4v) is 2.00. The lowest BCUT2D eigenvalue weighted by atomic mass is 9.91. The van der Waals surface area contributed by atoms with Crippen molar-refractivity contribution in [3.8, 4) is 0 Å². The second-order valence-electron chi connectivity index (χ2n) is 4.58. The first kappa shape index (κ1) is 11.7. The van der Waals surface area contributed by atoms with E-state index in [2.05, 4.69) is 11.9 Å². The molecule has 0 aromatic rings. The van der Waals surface area contributed by atoms with Gasteiger partial charge in [0.1, 0.15) is 5.78 Å². The predicted molar refractivity (Wildman–Crippen MR) is 58.1 cm³/mol. The van der Waals surface area contributed by atoms with Crippen LogP contribution in [0, 0.1) is 5.92 Å². The molecule has 0 aliphatic carbocycles. The van der Waals surface area contributed by atoms with Crippen LogP contribution < -0.4 is 5.73 Å². The summed E-state index contributed by atoms with van der Waals surface area (Å²) in [6.07, 6.45) is 3.72. The van der Waals surface area contributed by atoms with Crippen molar-refractivity contribution in [3.63, 3.8) is 0 Å². The number of piperidine rings is 1. The summed E-state index contributed by atoms with van der Waals surface area (Å²) in [4.78, 5) is 14.0. The third kappa shape index (κ3) is 3.76. The van der Waals surface area contributed by atoms with Gasteiger partial charge in [0.2, 0.25) is 0 Å². The van der Waals surface area contributed by atoms with E-state index in [1.165, 1.54) is 0 Å². The minimum Gasteiger partial charge on any atom is -0.328 e. The number of carbonyl (C=O) groups is 1. The maximum atomic E-state index is 11.8. The molecule has 2 atom stereocenters. The molecule has 0 spiro atoms. The predicted octanol–water partition coefficient (Wildman–Crippen LogP) is 1.02. The van der Waals surface area contributed by atoms with Gasteiger partial charge in [0.05, 0.1) is 0 Å². The molecule has 2 unspecified atom stereocenters. The van der Waals surface area contributed by atoms with Crippen LogP contribution in [0.25, 0.3) is 0 Å². The third-order valence-corrected chi connectivity index (χ3v) is 2.93. The number of hydrogen-bond donors (Lipinski definition) is 1. The van der Waals surface area contributed by atoms with E-state index in [0.717, 1.165) is 32.4 Å². The van der Waals surface area contributed by atoms with Crippen LogP contribution in [0.1, 0.15) is 32.6 Å². The fraction of sp³-hybridized carbons (Fsp3) is 0.909. The Morgan fingerprint density at radius 1 is 1.64 bits per heavy atom. The highest BCUT2D eigenvalue weighted by molar-refractivity contribution is 5.81. The van der Waals surface area contributed by atoms with Gasteiger partial charge in [-0.05, 0) is 39.8 Å².